The fraction of sp³-hybridized carbons (Fsp3) is 0.227. The molecule has 3 aromatic rings. The van der Waals surface area contributed by atoms with Gasteiger partial charge in [-0.25, -0.2) is 8.42 Å². The Morgan fingerprint density at radius 3 is 2.53 bits per heavy atom. The fourth-order valence-electron chi connectivity index (χ4n) is 3.38. The summed E-state index contributed by atoms with van der Waals surface area (Å²) in [4.78, 5) is 12.6. The minimum Gasteiger partial charge on any atom is -0.486 e. The minimum absolute atomic E-state index is 0.209. The Balaban J connectivity index is 1.46. The van der Waals surface area contributed by atoms with Crippen molar-refractivity contribution in [2.24, 2.45) is 0 Å². The van der Waals surface area contributed by atoms with Crippen LogP contribution in [0, 0.1) is 0 Å². The number of amides is 1. The quantitative estimate of drug-likeness (QED) is 0.655. The lowest BCUT2D eigenvalue weighted by Crippen LogP contribution is -2.45. The number of nitrogens with one attached hydrogen (secondary N) is 1. The van der Waals surface area contributed by atoms with Gasteiger partial charge < -0.3 is 14.8 Å². The third kappa shape index (κ3) is 4.33. The van der Waals surface area contributed by atoms with Crippen molar-refractivity contribution in [1.29, 1.82) is 0 Å². The molecule has 0 spiro atoms. The van der Waals surface area contributed by atoms with Gasteiger partial charge in [-0.1, -0.05) is 48.5 Å². The van der Waals surface area contributed by atoms with E-state index in [0.717, 1.165) is 21.3 Å². The van der Waals surface area contributed by atoms with Gasteiger partial charge in [0.2, 0.25) is 15.9 Å². The Labute approximate surface area is 175 Å². The van der Waals surface area contributed by atoms with Crippen LogP contribution in [0.5, 0.6) is 11.5 Å². The van der Waals surface area contributed by atoms with E-state index in [9.17, 15) is 13.2 Å². The normalized spacial score (nSPS) is 15.6. The van der Waals surface area contributed by atoms with Crippen LogP contribution in [0.3, 0.4) is 0 Å². The highest BCUT2D eigenvalue weighted by atomic mass is 32.2. The summed E-state index contributed by atoms with van der Waals surface area (Å²) in [6.07, 6.45) is 0.741. The molecule has 1 aliphatic heterocycles. The molecule has 0 bridgehead atoms. The van der Waals surface area contributed by atoms with Gasteiger partial charge in [0.1, 0.15) is 19.3 Å². The molecule has 0 radical (unpaired) electrons. The molecule has 30 heavy (non-hydrogen) atoms. The van der Waals surface area contributed by atoms with Crippen molar-refractivity contribution >= 4 is 32.4 Å². The van der Waals surface area contributed by atoms with E-state index >= 15 is 0 Å². The first-order valence-corrected chi connectivity index (χ1v) is 11.4. The molecule has 1 amide bonds. The van der Waals surface area contributed by atoms with Crippen LogP contribution in [-0.4, -0.2) is 46.4 Å². The Bertz CT molecular complexity index is 1170. The number of anilines is 1. The largest absolute Gasteiger partial charge is 0.486 e. The number of nitrogens with zero attached hydrogens (tertiary/aromatic N) is 1. The molecule has 0 aliphatic carbocycles. The Hall–Kier alpha value is -3.26. The van der Waals surface area contributed by atoms with Crippen molar-refractivity contribution < 1.29 is 22.7 Å². The van der Waals surface area contributed by atoms with Crippen LogP contribution < -0.4 is 19.1 Å². The highest BCUT2D eigenvalue weighted by Crippen LogP contribution is 2.31. The molecular weight excluding hydrogens is 404 g/mol. The number of carbonyl (C=O) groups excluding carboxylic acids is 1. The lowest BCUT2D eigenvalue weighted by molar-refractivity contribution is -0.120. The molecule has 0 aromatic heterocycles. The number of para-hydroxylation sites is 2. The summed E-state index contributed by atoms with van der Waals surface area (Å²) >= 11 is 0. The van der Waals surface area contributed by atoms with Crippen LogP contribution in [0.4, 0.5) is 5.69 Å². The number of sulfonamides is 1. The molecule has 0 saturated carbocycles. The summed E-state index contributed by atoms with van der Waals surface area (Å²) in [5.74, 6) is 0.867. The van der Waals surface area contributed by atoms with E-state index in [-0.39, 0.29) is 19.2 Å². The Kier molecular flexibility index (Phi) is 5.50. The topological polar surface area (TPSA) is 84.9 Å². The molecule has 4 rings (SSSR count). The Morgan fingerprint density at radius 2 is 1.73 bits per heavy atom. The molecule has 1 aliphatic rings. The highest BCUT2D eigenvalue weighted by Gasteiger charge is 2.25. The molecule has 1 N–H and O–H groups in total. The maximum atomic E-state index is 12.6. The molecule has 0 unspecified atom stereocenters. The van der Waals surface area contributed by atoms with Crippen molar-refractivity contribution in [2.45, 2.75) is 6.10 Å². The zero-order valence-corrected chi connectivity index (χ0v) is 17.3. The molecule has 156 valence electrons. The fourth-order valence-corrected chi connectivity index (χ4v) is 4.25. The number of carbonyl (C=O) groups is 1. The predicted molar refractivity (Wildman–Crippen MR) is 116 cm³/mol. The number of hydrogen-bond acceptors (Lipinski definition) is 5. The van der Waals surface area contributed by atoms with Gasteiger partial charge in [0, 0.05) is 5.39 Å². The molecule has 7 nitrogen and oxygen atoms in total. The highest BCUT2D eigenvalue weighted by molar-refractivity contribution is 7.92. The molecule has 8 heteroatoms. The minimum atomic E-state index is -3.67. The zero-order valence-electron chi connectivity index (χ0n) is 16.4. The number of fused-ring (bicyclic) bond motifs is 2. The summed E-state index contributed by atoms with van der Waals surface area (Å²) < 4.78 is 37.5. The standard InChI is InChI=1S/C22H22N2O5S/c1-30(26,27)24(19-10-6-8-16-7-2-3-9-18(16)19)14-22(25)23-13-17-15-28-20-11-4-5-12-21(20)29-17/h2-12,17H,13-15H2,1H3,(H,23,25)/t17-/m0/s1. The number of benzene rings is 3. The van der Waals surface area contributed by atoms with Crippen LogP contribution in [0.1, 0.15) is 0 Å². The zero-order chi connectivity index (χ0) is 21.1. The third-order valence-electron chi connectivity index (χ3n) is 4.82. The summed E-state index contributed by atoms with van der Waals surface area (Å²) in [6, 6.07) is 20.2. The van der Waals surface area contributed by atoms with Crippen molar-refractivity contribution in [3.63, 3.8) is 0 Å². The van der Waals surface area contributed by atoms with Crippen LogP contribution in [0.25, 0.3) is 10.8 Å². The van der Waals surface area contributed by atoms with Gasteiger partial charge in [-0.2, -0.15) is 0 Å². The summed E-state index contributed by atoms with van der Waals surface area (Å²) in [6.45, 7) is 0.188. The second-order valence-corrected chi connectivity index (χ2v) is 8.98. The number of hydrogen-bond donors (Lipinski definition) is 1. The Morgan fingerprint density at radius 1 is 1.03 bits per heavy atom. The van der Waals surface area contributed by atoms with Crippen LogP contribution >= 0.6 is 0 Å². The second kappa shape index (κ2) is 8.23. The van der Waals surface area contributed by atoms with E-state index in [4.69, 9.17) is 9.47 Å². The van der Waals surface area contributed by atoms with Gasteiger partial charge in [-0.05, 0) is 23.6 Å². The smallest absolute Gasteiger partial charge is 0.240 e. The maximum absolute atomic E-state index is 12.6. The van der Waals surface area contributed by atoms with Crippen molar-refractivity contribution in [3.8, 4) is 11.5 Å². The summed E-state index contributed by atoms with van der Waals surface area (Å²) in [7, 11) is -3.67. The molecule has 1 atom stereocenters. The second-order valence-electron chi connectivity index (χ2n) is 7.07. The van der Waals surface area contributed by atoms with E-state index in [1.165, 1.54) is 0 Å². The first-order chi connectivity index (χ1) is 14.4. The van der Waals surface area contributed by atoms with Crippen LogP contribution in [-0.2, 0) is 14.8 Å². The molecular formula is C22H22N2O5S. The average Bonchev–Trinajstić information content (AvgIpc) is 2.75. The summed E-state index contributed by atoms with van der Waals surface area (Å²) in [5, 5.41) is 4.41. The van der Waals surface area contributed by atoms with Gasteiger partial charge in [0.05, 0.1) is 18.5 Å². The van der Waals surface area contributed by atoms with Gasteiger partial charge in [-0.3, -0.25) is 9.10 Å². The van der Waals surface area contributed by atoms with Crippen molar-refractivity contribution in [3.05, 3.63) is 66.7 Å². The van der Waals surface area contributed by atoms with Crippen LogP contribution in [0.15, 0.2) is 66.7 Å². The van der Waals surface area contributed by atoms with Gasteiger partial charge >= 0.3 is 0 Å². The van der Waals surface area contributed by atoms with Crippen molar-refractivity contribution in [2.75, 3.05) is 30.3 Å². The van der Waals surface area contributed by atoms with E-state index in [1.54, 1.807) is 18.2 Å². The average molecular weight is 426 g/mol. The molecule has 0 saturated heterocycles. The molecule has 3 aromatic carbocycles. The molecule has 0 fully saturated rings. The lowest BCUT2D eigenvalue weighted by Gasteiger charge is -2.27. The van der Waals surface area contributed by atoms with Crippen molar-refractivity contribution in [1.82, 2.24) is 5.32 Å². The first-order valence-electron chi connectivity index (χ1n) is 9.52. The van der Waals surface area contributed by atoms with E-state index in [0.29, 0.717) is 23.8 Å². The van der Waals surface area contributed by atoms with Gasteiger partial charge in [0.25, 0.3) is 0 Å². The maximum Gasteiger partial charge on any atom is 0.240 e. The number of ether oxygens (including phenoxy) is 2. The SMILES string of the molecule is CS(=O)(=O)N(CC(=O)NC[C@H]1COc2ccccc2O1)c1cccc2ccccc12. The van der Waals surface area contributed by atoms with E-state index < -0.39 is 15.9 Å². The lowest BCUT2D eigenvalue weighted by atomic mass is 10.1. The summed E-state index contributed by atoms with van der Waals surface area (Å²) in [5.41, 5.74) is 0.469. The predicted octanol–water partition coefficient (Wildman–Crippen LogP) is 2.56. The molecule has 1 heterocycles. The first kappa shape index (κ1) is 20.0. The number of rotatable bonds is 6. The van der Waals surface area contributed by atoms with Gasteiger partial charge in [0.15, 0.2) is 11.5 Å². The van der Waals surface area contributed by atoms with E-state index in [2.05, 4.69) is 5.32 Å². The van der Waals surface area contributed by atoms with Crippen LogP contribution in [0.2, 0.25) is 0 Å². The van der Waals surface area contributed by atoms with E-state index in [1.807, 2.05) is 48.5 Å². The third-order valence-corrected chi connectivity index (χ3v) is 5.94. The van der Waals surface area contributed by atoms with Gasteiger partial charge in [-0.15, -0.1) is 0 Å². The monoisotopic (exact) mass is 426 g/mol.